The third-order valence-corrected chi connectivity index (χ3v) is 4.84. The van der Waals surface area contributed by atoms with Crippen molar-refractivity contribution in [2.24, 2.45) is 4.99 Å². The summed E-state index contributed by atoms with van der Waals surface area (Å²) in [4.78, 5) is 29.8. The molecule has 144 valence electrons. The van der Waals surface area contributed by atoms with E-state index >= 15 is 0 Å². The lowest BCUT2D eigenvalue weighted by Crippen LogP contribution is -2.31. The quantitative estimate of drug-likeness (QED) is 0.618. The Kier molecular flexibility index (Phi) is 5.90. The van der Waals surface area contributed by atoms with Gasteiger partial charge in [0.15, 0.2) is 4.80 Å². The minimum atomic E-state index is -0.588. The summed E-state index contributed by atoms with van der Waals surface area (Å²) < 4.78 is 16.5. The maximum Gasteiger partial charge on any atom is 0.348 e. The number of esters is 1. The first-order chi connectivity index (χ1) is 13.5. The van der Waals surface area contributed by atoms with Crippen molar-refractivity contribution >= 4 is 23.0 Å². The molecule has 0 fully saturated rings. The van der Waals surface area contributed by atoms with Gasteiger partial charge in [-0.3, -0.25) is 9.36 Å². The Hall–Kier alpha value is -3.39. The molecule has 0 saturated carbocycles. The Bertz CT molecular complexity index is 1100. The lowest BCUT2D eigenvalue weighted by atomic mass is 10.3. The summed E-state index contributed by atoms with van der Waals surface area (Å²) in [5.74, 6) is 0.772. The third kappa shape index (κ3) is 4.12. The fraction of sp³-hybridized carbons (Fsp3) is 0.150. The van der Waals surface area contributed by atoms with Crippen LogP contribution in [0, 0.1) is 0 Å². The molecule has 0 aliphatic carbocycles. The second kappa shape index (κ2) is 8.53. The largest absolute Gasteiger partial charge is 0.497 e. The highest BCUT2D eigenvalue weighted by Gasteiger charge is 2.13. The maximum atomic E-state index is 12.8. The number of aromatic nitrogens is 1. The molecule has 0 N–H and O–H groups in total. The molecule has 0 spiro atoms. The van der Waals surface area contributed by atoms with Crippen molar-refractivity contribution in [3.63, 3.8) is 0 Å². The second-order valence-corrected chi connectivity index (χ2v) is 6.58. The van der Waals surface area contributed by atoms with Gasteiger partial charge in [-0.15, -0.1) is 0 Å². The second-order valence-electron chi connectivity index (χ2n) is 5.57. The van der Waals surface area contributed by atoms with Gasteiger partial charge in [0.2, 0.25) is 0 Å². The number of methoxy groups -OCH3 is 3. The Balaban J connectivity index is 2.23. The Morgan fingerprint density at radius 1 is 0.929 bits per heavy atom. The number of benzene rings is 2. The predicted molar refractivity (Wildman–Crippen MR) is 106 cm³/mol. The summed E-state index contributed by atoms with van der Waals surface area (Å²) in [6.07, 6.45) is 0. The monoisotopic (exact) mass is 398 g/mol. The number of rotatable bonds is 5. The van der Waals surface area contributed by atoms with Crippen LogP contribution < -0.4 is 19.8 Å². The fourth-order valence-electron chi connectivity index (χ4n) is 2.45. The van der Waals surface area contributed by atoms with E-state index < -0.39 is 11.5 Å². The molecular formula is C20H18N2O5S. The number of carbonyl (C=O) groups is 1. The fourth-order valence-corrected chi connectivity index (χ4v) is 3.42. The van der Waals surface area contributed by atoms with Gasteiger partial charge in [-0.05, 0) is 48.5 Å². The molecule has 7 nitrogen and oxygen atoms in total. The van der Waals surface area contributed by atoms with E-state index in [2.05, 4.69) is 4.99 Å². The van der Waals surface area contributed by atoms with Gasteiger partial charge in [0.05, 0.1) is 32.7 Å². The summed E-state index contributed by atoms with van der Waals surface area (Å²) >= 11 is 1.06. The molecule has 0 amide bonds. The van der Waals surface area contributed by atoms with Crippen LogP contribution in [0.2, 0.25) is 0 Å². The van der Waals surface area contributed by atoms with Crippen LogP contribution in [0.5, 0.6) is 11.5 Å². The van der Waals surface area contributed by atoms with E-state index in [1.54, 1.807) is 62.8 Å². The Morgan fingerprint density at radius 2 is 1.50 bits per heavy atom. The van der Waals surface area contributed by atoms with Crippen molar-refractivity contribution in [2.45, 2.75) is 0 Å². The zero-order chi connectivity index (χ0) is 20.1. The van der Waals surface area contributed by atoms with Crippen molar-refractivity contribution in [2.75, 3.05) is 21.3 Å². The molecule has 3 rings (SSSR count). The predicted octanol–water partition coefficient (Wildman–Crippen LogP) is 2.94. The van der Waals surface area contributed by atoms with Crippen molar-refractivity contribution in [3.8, 4) is 17.2 Å². The van der Waals surface area contributed by atoms with Gasteiger partial charge in [-0.1, -0.05) is 11.3 Å². The molecule has 8 heteroatoms. The maximum absolute atomic E-state index is 12.8. The van der Waals surface area contributed by atoms with Crippen molar-refractivity contribution in [1.82, 2.24) is 4.57 Å². The highest BCUT2D eigenvalue weighted by atomic mass is 32.1. The molecule has 0 saturated heterocycles. The molecule has 0 radical (unpaired) electrons. The van der Waals surface area contributed by atoms with Crippen molar-refractivity contribution in [3.05, 3.63) is 74.6 Å². The number of hydrogen-bond acceptors (Lipinski definition) is 7. The van der Waals surface area contributed by atoms with E-state index in [1.807, 2.05) is 0 Å². The van der Waals surface area contributed by atoms with Crippen LogP contribution in [0.4, 0.5) is 5.69 Å². The van der Waals surface area contributed by atoms with Gasteiger partial charge in [-0.25, -0.2) is 9.79 Å². The summed E-state index contributed by atoms with van der Waals surface area (Å²) in [6, 6.07) is 15.3. The molecule has 1 heterocycles. The zero-order valence-corrected chi connectivity index (χ0v) is 16.4. The first kappa shape index (κ1) is 19.4. The minimum absolute atomic E-state index is 0.171. The molecule has 0 aliphatic heterocycles. The molecule has 1 aromatic heterocycles. The molecule has 0 atom stereocenters. The average Bonchev–Trinajstić information content (AvgIpc) is 2.73. The lowest BCUT2D eigenvalue weighted by Gasteiger charge is -2.09. The van der Waals surface area contributed by atoms with Gasteiger partial charge >= 0.3 is 5.97 Å². The number of nitrogens with zero attached hydrogens (tertiary/aromatic N) is 2. The van der Waals surface area contributed by atoms with E-state index in [-0.39, 0.29) is 4.88 Å². The van der Waals surface area contributed by atoms with Crippen LogP contribution >= 0.6 is 11.3 Å². The third-order valence-electron chi connectivity index (χ3n) is 3.88. The Labute approximate surface area is 165 Å². The minimum Gasteiger partial charge on any atom is -0.497 e. The number of ether oxygens (including phenoxy) is 3. The highest BCUT2D eigenvalue weighted by molar-refractivity contribution is 7.11. The van der Waals surface area contributed by atoms with Gasteiger partial charge in [0.1, 0.15) is 16.4 Å². The summed E-state index contributed by atoms with van der Waals surface area (Å²) in [7, 11) is 4.42. The van der Waals surface area contributed by atoms with Crippen LogP contribution in [-0.4, -0.2) is 31.9 Å². The van der Waals surface area contributed by atoms with Crippen LogP contribution in [0.15, 0.2) is 64.4 Å². The van der Waals surface area contributed by atoms with Gasteiger partial charge in [0.25, 0.3) is 5.56 Å². The molecule has 0 bridgehead atoms. The zero-order valence-electron chi connectivity index (χ0n) is 15.5. The molecule has 0 unspecified atom stereocenters. The molecular weight excluding hydrogens is 380 g/mol. The van der Waals surface area contributed by atoms with E-state index in [0.717, 1.165) is 11.3 Å². The summed E-state index contributed by atoms with van der Waals surface area (Å²) in [6.45, 7) is 0. The van der Waals surface area contributed by atoms with E-state index in [4.69, 9.17) is 14.2 Å². The van der Waals surface area contributed by atoms with Crippen LogP contribution in [0.1, 0.15) is 9.67 Å². The highest BCUT2D eigenvalue weighted by Crippen LogP contribution is 2.18. The molecule has 28 heavy (non-hydrogen) atoms. The summed E-state index contributed by atoms with van der Waals surface area (Å²) in [5.41, 5.74) is 0.822. The summed E-state index contributed by atoms with van der Waals surface area (Å²) in [5, 5.41) is 0. The van der Waals surface area contributed by atoms with Gasteiger partial charge < -0.3 is 14.2 Å². The van der Waals surface area contributed by atoms with Gasteiger partial charge in [0, 0.05) is 6.07 Å². The van der Waals surface area contributed by atoms with Crippen molar-refractivity contribution < 1.29 is 19.0 Å². The Morgan fingerprint density at radius 3 is 2.04 bits per heavy atom. The van der Waals surface area contributed by atoms with Crippen LogP contribution in [0.3, 0.4) is 0 Å². The van der Waals surface area contributed by atoms with Crippen LogP contribution in [0.25, 0.3) is 5.69 Å². The average molecular weight is 398 g/mol. The molecule has 2 aromatic carbocycles. The lowest BCUT2D eigenvalue weighted by molar-refractivity contribution is 0.0606. The normalized spacial score (nSPS) is 11.2. The first-order valence-corrected chi connectivity index (χ1v) is 9.06. The van der Waals surface area contributed by atoms with Crippen molar-refractivity contribution in [1.29, 1.82) is 0 Å². The van der Waals surface area contributed by atoms with Gasteiger partial charge in [-0.2, -0.15) is 0 Å². The van der Waals surface area contributed by atoms with E-state index in [9.17, 15) is 9.59 Å². The standard InChI is InChI=1S/C20H18N2O5S/c1-25-15-8-4-13(5-9-15)21-20-22(14-6-10-16(26-2)11-7-14)18(23)12-17(28-20)19(24)27-3/h4-12H,1-3H3. The van der Waals surface area contributed by atoms with E-state index in [0.29, 0.717) is 27.7 Å². The van der Waals surface area contributed by atoms with Crippen LogP contribution in [-0.2, 0) is 4.74 Å². The molecule has 3 aromatic rings. The van der Waals surface area contributed by atoms with E-state index in [1.165, 1.54) is 17.7 Å². The SMILES string of the molecule is COC(=O)c1cc(=O)n(-c2ccc(OC)cc2)c(=Nc2ccc(OC)cc2)s1. The number of hydrogen-bond donors (Lipinski definition) is 0. The first-order valence-electron chi connectivity index (χ1n) is 8.24. The molecule has 0 aliphatic rings. The number of carbonyl (C=O) groups excluding carboxylic acids is 1. The smallest absolute Gasteiger partial charge is 0.348 e. The topological polar surface area (TPSA) is 79.1 Å².